The fourth-order valence-electron chi connectivity index (χ4n) is 10.4. The number of hydrogen-bond acceptors (Lipinski definition) is 11. The van der Waals surface area contributed by atoms with Gasteiger partial charge in [-0.1, -0.05) is 81.1 Å². The summed E-state index contributed by atoms with van der Waals surface area (Å²) in [6.07, 6.45) is 2.54. The number of hydrogen-bond donors (Lipinski definition) is 5. The maximum Gasteiger partial charge on any atom is 0.399 e. The predicted octanol–water partition coefficient (Wildman–Crippen LogP) is 6.36. The van der Waals surface area contributed by atoms with Gasteiger partial charge in [-0.25, -0.2) is 0 Å². The van der Waals surface area contributed by atoms with E-state index in [9.17, 15) is 56.7 Å². The van der Waals surface area contributed by atoms with E-state index >= 15 is 4.79 Å². The van der Waals surface area contributed by atoms with Crippen molar-refractivity contribution in [3.05, 3.63) is 135 Å². The first-order valence-corrected chi connectivity index (χ1v) is 28.2. The Morgan fingerprint density at radius 1 is 0.924 bits per heavy atom. The molecule has 412 valence electrons. The Kier molecular flexibility index (Phi) is 16.1. The van der Waals surface area contributed by atoms with Crippen LogP contribution in [-0.2, 0) is 47.2 Å². The minimum atomic E-state index is -5.87. The highest BCUT2D eigenvalue weighted by atomic mass is 32.1. The molecule has 2 fully saturated rings. The first-order chi connectivity index (χ1) is 37.5. The van der Waals surface area contributed by atoms with Crippen LogP contribution in [0.25, 0.3) is 10.1 Å². The first-order valence-electron chi connectivity index (χ1n) is 25.8. The fourth-order valence-corrected chi connectivity index (χ4v) is 11.8. The summed E-state index contributed by atoms with van der Waals surface area (Å²) in [6, 6.07) is 20.9. The summed E-state index contributed by atoms with van der Waals surface area (Å²) >= 11 is 0.948. The van der Waals surface area contributed by atoms with E-state index in [0.29, 0.717) is 47.5 Å². The van der Waals surface area contributed by atoms with Crippen LogP contribution < -0.4 is 20.7 Å². The third kappa shape index (κ3) is 11.9. The molecule has 4 atom stereocenters. The number of likely N-dealkylation sites (tertiary alicyclic amines) is 1. The van der Waals surface area contributed by atoms with Crippen molar-refractivity contribution in [1.82, 2.24) is 30.7 Å². The van der Waals surface area contributed by atoms with Crippen molar-refractivity contribution in [2.75, 3.05) is 26.2 Å². The summed E-state index contributed by atoms with van der Waals surface area (Å²) in [5.41, 5.74) is -3.26. The molecule has 5 N–H and O–H groups in total. The Bertz CT molecular complexity index is 3420. The molecule has 0 spiro atoms. The van der Waals surface area contributed by atoms with Crippen LogP contribution in [0.1, 0.15) is 123 Å². The van der Waals surface area contributed by atoms with E-state index in [1.54, 1.807) is 56.0 Å². The highest BCUT2D eigenvalue weighted by molar-refractivity contribution is 7.52. The molecule has 22 heteroatoms. The lowest BCUT2D eigenvalue weighted by Gasteiger charge is -2.43. The second kappa shape index (κ2) is 22.6. The summed E-state index contributed by atoms with van der Waals surface area (Å²) < 4.78 is 47.2. The molecule has 8 amide bonds. The number of piperidine rings is 2. The van der Waals surface area contributed by atoms with Gasteiger partial charge in [0.05, 0.1) is 16.0 Å². The van der Waals surface area contributed by atoms with E-state index in [1.165, 1.54) is 23.1 Å². The monoisotopic (exact) mass is 1120 g/mol. The molecule has 5 heterocycles. The molecule has 0 bridgehead atoms. The zero-order chi connectivity index (χ0) is 56.6. The summed E-state index contributed by atoms with van der Waals surface area (Å²) in [5.74, 6) is 1.93. The van der Waals surface area contributed by atoms with Crippen molar-refractivity contribution in [1.29, 1.82) is 0 Å². The minimum Gasteiger partial charge on any atom is -0.484 e. The maximum atomic E-state index is 15.2. The summed E-state index contributed by atoms with van der Waals surface area (Å²) in [7, 11) is -5.87. The Morgan fingerprint density at radius 2 is 1.70 bits per heavy atom. The number of thiophene rings is 1. The number of rotatable bonds is 14. The topological polar surface area (TPSA) is 249 Å². The number of benzene rings is 4. The Morgan fingerprint density at radius 3 is 2.43 bits per heavy atom. The van der Waals surface area contributed by atoms with Gasteiger partial charge in [-0.15, -0.1) is 11.3 Å². The van der Waals surface area contributed by atoms with Gasteiger partial charge < -0.3 is 35.0 Å². The van der Waals surface area contributed by atoms with E-state index in [4.69, 9.17) is 4.74 Å². The molecule has 1 aromatic heterocycles. The summed E-state index contributed by atoms with van der Waals surface area (Å²) in [4.78, 5) is 131. The SMILES string of the molecule is CC(C)(C)[C@H](NC(=O)c1cc2cc(C(F)(F)P(=O)(O)O)ccc2s1)C(=O)N1Cc2cc(OCC(=O)NCCCC#Cc3cccc4c3C(=O)N(C3CCC(=O)NC3=O)C4=O)ccc2C[C@H]1C(=O)N1CCC[C@H](c2ccccc2)C1. The van der Waals surface area contributed by atoms with Gasteiger partial charge in [-0.2, -0.15) is 8.78 Å². The molecule has 2 saturated heterocycles. The van der Waals surface area contributed by atoms with Crippen molar-refractivity contribution in [2.24, 2.45) is 5.41 Å². The second-order valence-corrected chi connectivity index (χ2v) is 23.8. The van der Waals surface area contributed by atoms with Crippen molar-refractivity contribution < 1.29 is 66.2 Å². The van der Waals surface area contributed by atoms with Crippen LogP contribution in [0.15, 0.2) is 91.0 Å². The lowest BCUT2D eigenvalue weighted by molar-refractivity contribution is -0.150. The molecule has 5 aromatic rings. The number of carbonyl (C=O) groups excluding carboxylic acids is 8. The molecule has 79 heavy (non-hydrogen) atoms. The minimum absolute atomic E-state index is 0.00321. The molecule has 1 unspecified atom stereocenters. The Balaban J connectivity index is 0.865. The molecular formula is C57H57F2N6O12PS. The normalized spacial score (nSPS) is 19.0. The maximum absolute atomic E-state index is 15.2. The van der Waals surface area contributed by atoms with Crippen LogP contribution in [-0.4, -0.2) is 116 Å². The largest absolute Gasteiger partial charge is 0.484 e. The van der Waals surface area contributed by atoms with Crippen molar-refractivity contribution in [3.63, 3.8) is 0 Å². The number of ether oxygens (including phenoxy) is 1. The number of nitrogens with one attached hydrogen (secondary N) is 3. The van der Waals surface area contributed by atoms with Gasteiger partial charge in [0, 0.05) is 67.2 Å². The highest BCUT2D eigenvalue weighted by Crippen LogP contribution is 2.59. The molecule has 4 aliphatic rings. The van der Waals surface area contributed by atoms with E-state index in [-0.39, 0.29) is 72.2 Å². The molecular weight excluding hydrogens is 1060 g/mol. The van der Waals surface area contributed by atoms with E-state index in [0.717, 1.165) is 52.3 Å². The van der Waals surface area contributed by atoms with Gasteiger partial charge >= 0.3 is 13.3 Å². The van der Waals surface area contributed by atoms with Gasteiger partial charge in [0.25, 0.3) is 23.6 Å². The summed E-state index contributed by atoms with van der Waals surface area (Å²) in [5, 5.41) is 7.97. The smallest absolute Gasteiger partial charge is 0.399 e. The molecule has 4 aliphatic heterocycles. The Labute approximate surface area is 457 Å². The molecule has 18 nitrogen and oxygen atoms in total. The van der Waals surface area contributed by atoms with Crippen molar-refractivity contribution in [3.8, 4) is 17.6 Å². The van der Waals surface area contributed by atoms with Crippen LogP contribution in [0.4, 0.5) is 8.78 Å². The van der Waals surface area contributed by atoms with Gasteiger partial charge in [0.15, 0.2) is 6.61 Å². The molecule has 0 aliphatic carbocycles. The van der Waals surface area contributed by atoms with Gasteiger partial charge in [0.1, 0.15) is 23.9 Å². The first kappa shape index (κ1) is 56.1. The van der Waals surface area contributed by atoms with Gasteiger partial charge in [0.2, 0.25) is 23.6 Å². The lowest BCUT2D eigenvalue weighted by Crippen LogP contribution is -2.61. The quantitative estimate of drug-likeness (QED) is 0.0353. The van der Waals surface area contributed by atoms with Crippen molar-refractivity contribution >= 4 is 76.3 Å². The highest BCUT2D eigenvalue weighted by Gasteiger charge is 2.51. The summed E-state index contributed by atoms with van der Waals surface area (Å²) in [6.45, 7) is 6.03. The van der Waals surface area contributed by atoms with Crippen LogP contribution in [0.2, 0.25) is 0 Å². The standard InChI is InChI=1S/C57H57F2N6O12PS/c1-56(2,3)49(62-51(69)45-29-37-26-39(19-22-44(37)79-45)57(58,59)78(74,75)76)55(73)64-31-38-27-40(20-18-35(38)28-43(64)53(71)63-25-11-16-36(30-63)33-12-6-4-7-13-33)77-32-47(67)60-24-9-5-8-14-34-15-10-17-41-48(34)54(72)65(52(41)70)42-21-23-46(66)61-50(42)68/h4,6-7,10,12-13,15,17-20,22,26-27,29,36,42-43,49H,5,9,11,16,21,23-25,28,30-32H2,1-3H3,(H,60,67)(H,62,69)(H,61,66,68)(H2,74,75,76)/t36-,42?,43-,49+/m0/s1. The van der Waals surface area contributed by atoms with Gasteiger partial charge in [-0.3, -0.25) is 53.1 Å². The lowest BCUT2D eigenvalue weighted by atomic mass is 9.83. The molecule has 4 aromatic carbocycles. The second-order valence-electron chi connectivity index (χ2n) is 21.1. The number of carbonyl (C=O) groups is 8. The third-order valence-electron chi connectivity index (χ3n) is 14.6. The van der Waals surface area contributed by atoms with Gasteiger partial charge in [-0.05, 0) is 95.6 Å². The average molecular weight is 1120 g/mol. The number of amides is 8. The fraction of sp³-hybridized carbons (Fsp3) is 0.368. The Hall–Kier alpha value is -7.63. The number of alkyl halides is 2. The van der Waals surface area contributed by atoms with E-state index in [2.05, 4.69) is 27.8 Å². The number of imide groups is 2. The molecule has 0 saturated carbocycles. The molecule has 9 rings (SSSR count). The van der Waals surface area contributed by atoms with E-state index < -0.39 is 83.7 Å². The van der Waals surface area contributed by atoms with Crippen molar-refractivity contribution in [2.45, 2.75) is 102 Å². The van der Waals surface area contributed by atoms with E-state index in [1.807, 2.05) is 30.3 Å². The number of nitrogens with zero attached hydrogens (tertiary/aromatic N) is 3. The number of halogens is 2. The number of fused-ring (bicyclic) bond motifs is 3. The van der Waals surface area contributed by atoms with Crippen LogP contribution in [0, 0.1) is 17.3 Å². The zero-order valence-corrected chi connectivity index (χ0v) is 45.1. The molecule has 0 radical (unpaired) electrons. The van der Waals surface area contributed by atoms with Crippen LogP contribution in [0.3, 0.4) is 0 Å². The van der Waals surface area contributed by atoms with Crippen LogP contribution in [0.5, 0.6) is 5.75 Å². The number of unbranched alkanes of at least 4 members (excludes halogenated alkanes) is 1. The third-order valence-corrected chi connectivity index (χ3v) is 16.7. The van der Waals surface area contributed by atoms with Crippen LogP contribution >= 0.6 is 18.9 Å². The predicted molar refractivity (Wildman–Crippen MR) is 286 cm³/mol. The average Bonchev–Trinajstić information content (AvgIpc) is 4.22. The zero-order valence-electron chi connectivity index (χ0n) is 43.4.